The molecule has 0 aliphatic carbocycles. The number of rotatable bonds is 4. The first-order valence-corrected chi connectivity index (χ1v) is 5.45. The van der Waals surface area contributed by atoms with Crippen LogP contribution in [0.4, 0.5) is 6.01 Å². The van der Waals surface area contributed by atoms with Crippen LogP contribution in [0.1, 0.15) is 20.2 Å². The zero-order chi connectivity index (χ0) is 11.5. The van der Waals surface area contributed by atoms with E-state index in [2.05, 4.69) is 10.3 Å². The van der Waals surface area contributed by atoms with Gasteiger partial charge in [-0.2, -0.15) is 4.98 Å². The first kappa shape index (κ1) is 10.7. The molecule has 0 aliphatic heterocycles. The van der Waals surface area contributed by atoms with Crippen molar-refractivity contribution in [2.45, 2.75) is 13.5 Å². The number of nitrogens with zero attached hydrogens (tertiary/aromatic N) is 1. The average molecular weight is 238 g/mol. The quantitative estimate of drug-likeness (QED) is 0.855. The third kappa shape index (κ3) is 2.40. The van der Waals surface area contributed by atoms with E-state index in [4.69, 9.17) is 9.52 Å². The lowest BCUT2D eigenvalue weighted by Crippen LogP contribution is -2.00. The van der Waals surface area contributed by atoms with Crippen molar-refractivity contribution in [1.29, 1.82) is 0 Å². The maximum absolute atomic E-state index is 10.5. The van der Waals surface area contributed by atoms with Crippen molar-refractivity contribution in [3.8, 4) is 0 Å². The highest BCUT2D eigenvalue weighted by Gasteiger charge is 2.09. The highest BCUT2D eigenvalue weighted by atomic mass is 32.1. The molecule has 0 saturated carbocycles. The number of nitrogens with one attached hydrogen (secondary N) is 1. The van der Waals surface area contributed by atoms with Gasteiger partial charge in [0.25, 0.3) is 6.01 Å². The summed E-state index contributed by atoms with van der Waals surface area (Å²) in [5, 5.41) is 11.6. The molecular formula is C10H10N2O3S. The van der Waals surface area contributed by atoms with Crippen molar-refractivity contribution in [1.82, 2.24) is 4.98 Å². The van der Waals surface area contributed by atoms with E-state index < -0.39 is 5.97 Å². The first-order chi connectivity index (χ1) is 7.65. The predicted molar refractivity (Wildman–Crippen MR) is 59.8 cm³/mol. The van der Waals surface area contributed by atoms with Gasteiger partial charge in [-0.1, -0.05) is 0 Å². The Morgan fingerprint density at radius 3 is 3.00 bits per heavy atom. The Kier molecular flexibility index (Phi) is 2.91. The molecule has 2 aromatic rings. The van der Waals surface area contributed by atoms with E-state index in [9.17, 15) is 4.79 Å². The Morgan fingerprint density at radius 2 is 2.44 bits per heavy atom. The van der Waals surface area contributed by atoms with Crippen LogP contribution in [0.5, 0.6) is 0 Å². The van der Waals surface area contributed by atoms with Crippen molar-refractivity contribution in [3.05, 3.63) is 33.8 Å². The molecule has 0 atom stereocenters. The van der Waals surface area contributed by atoms with Crippen LogP contribution in [0.25, 0.3) is 0 Å². The highest BCUT2D eigenvalue weighted by Crippen LogP contribution is 2.16. The lowest BCUT2D eigenvalue weighted by Gasteiger charge is -1.97. The fourth-order valence-electron chi connectivity index (χ4n) is 1.20. The van der Waals surface area contributed by atoms with Crippen LogP contribution in [-0.2, 0) is 6.54 Å². The van der Waals surface area contributed by atoms with E-state index in [0.29, 0.717) is 6.54 Å². The molecule has 0 unspecified atom stereocenters. The minimum absolute atomic E-state index is 0.0927. The SMILES string of the molecule is Cc1ccc(CNc2nc(C(=O)O)co2)s1. The lowest BCUT2D eigenvalue weighted by molar-refractivity contribution is 0.0690. The van der Waals surface area contributed by atoms with Crippen LogP contribution in [0.15, 0.2) is 22.8 Å². The van der Waals surface area contributed by atoms with Gasteiger partial charge in [-0.25, -0.2) is 4.79 Å². The normalized spacial score (nSPS) is 10.3. The molecule has 0 amide bonds. The monoisotopic (exact) mass is 238 g/mol. The molecule has 2 heterocycles. The van der Waals surface area contributed by atoms with Crippen LogP contribution in [-0.4, -0.2) is 16.1 Å². The Bertz CT molecular complexity index is 504. The second-order valence-electron chi connectivity index (χ2n) is 3.21. The lowest BCUT2D eigenvalue weighted by atomic mass is 10.4. The predicted octanol–water partition coefficient (Wildman–Crippen LogP) is 2.35. The van der Waals surface area contributed by atoms with Crippen LogP contribution in [0.3, 0.4) is 0 Å². The Labute approximate surface area is 95.7 Å². The molecule has 2 N–H and O–H groups in total. The molecule has 0 aliphatic rings. The Morgan fingerprint density at radius 1 is 1.62 bits per heavy atom. The third-order valence-electron chi connectivity index (χ3n) is 1.93. The molecule has 6 heteroatoms. The molecule has 0 fully saturated rings. The summed E-state index contributed by atoms with van der Waals surface area (Å²) < 4.78 is 4.96. The summed E-state index contributed by atoms with van der Waals surface area (Å²) in [7, 11) is 0. The van der Waals surface area contributed by atoms with Gasteiger partial charge in [0.05, 0.1) is 6.54 Å². The summed E-state index contributed by atoms with van der Waals surface area (Å²) in [6, 6.07) is 4.26. The molecular weight excluding hydrogens is 228 g/mol. The number of carboxylic acid groups (broad SMARTS) is 1. The number of carbonyl (C=O) groups is 1. The smallest absolute Gasteiger partial charge is 0.357 e. The van der Waals surface area contributed by atoms with E-state index in [0.717, 1.165) is 11.1 Å². The molecule has 0 saturated heterocycles. The molecule has 0 bridgehead atoms. The minimum atomic E-state index is -1.09. The molecule has 0 aromatic carbocycles. The standard InChI is InChI=1S/C10H10N2O3S/c1-6-2-3-7(16-6)4-11-10-12-8(5-15-10)9(13)14/h2-3,5H,4H2,1H3,(H,11,12)(H,13,14). The minimum Gasteiger partial charge on any atom is -0.476 e. The van der Waals surface area contributed by atoms with Gasteiger partial charge in [0.15, 0.2) is 5.69 Å². The fraction of sp³-hybridized carbons (Fsp3) is 0.200. The summed E-state index contributed by atoms with van der Waals surface area (Å²) >= 11 is 1.67. The number of hydrogen-bond donors (Lipinski definition) is 2. The van der Waals surface area contributed by atoms with E-state index >= 15 is 0 Å². The summed E-state index contributed by atoms with van der Waals surface area (Å²) in [5.41, 5.74) is -0.0927. The highest BCUT2D eigenvalue weighted by molar-refractivity contribution is 7.11. The summed E-state index contributed by atoms with van der Waals surface area (Å²) in [6.45, 7) is 2.61. The molecule has 84 valence electrons. The van der Waals surface area contributed by atoms with Crippen molar-refractivity contribution >= 4 is 23.3 Å². The number of aromatic carboxylic acids is 1. The van der Waals surface area contributed by atoms with Crippen molar-refractivity contribution in [3.63, 3.8) is 0 Å². The van der Waals surface area contributed by atoms with Crippen molar-refractivity contribution < 1.29 is 14.3 Å². The van der Waals surface area contributed by atoms with Crippen LogP contribution in [0, 0.1) is 6.92 Å². The number of aromatic nitrogens is 1. The Hall–Kier alpha value is -1.82. The van der Waals surface area contributed by atoms with Gasteiger partial charge in [-0.05, 0) is 19.1 Å². The van der Waals surface area contributed by atoms with Crippen LogP contribution in [0.2, 0.25) is 0 Å². The van der Waals surface area contributed by atoms with Gasteiger partial charge in [-0.3, -0.25) is 0 Å². The van der Waals surface area contributed by atoms with Crippen LogP contribution < -0.4 is 5.32 Å². The summed E-state index contributed by atoms with van der Waals surface area (Å²) in [5.74, 6) is -1.09. The number of carboxylic acids is 1. The number of aryl methyl sites for hydroxylation is 1. The maximum Gasteiger partial charge on any atom is 0.357 e. The van der Waals surface area contributed by atoms with E-state index in [1.54, 1.807) is 11.3 Å². The summed E-state index contributed by atoms with van der Waals surface area (Å²) in [4.78, 5) is 16.7. The topological polar surface area (TPSA) is 75.4 Å². The number of hydrogen-bond acceptors (Lipinski definition) is 5. The first-order valence-electron chi connectivity index (χ1n) is 4.63. The summed E-state index contributed by atoms with van der Waals surface area (Å²) in [6.07, 6.45) is 1.12. The van der Waals surface area contributed by atoms with Gasteiger partial charge < -0.3 is 14.8 Å². The maximum atomic E-state index is 10.5. The van der Waals surface area contributed by atoms with Gasteiger partial charge in [0, 0.05) is 9.75 Å². The Balaban J connectivity index is 1.97. The number of anilines is 1. The fourth-order valence-corrected chi connectivity index (χ4v) is 2.03. The van der Waals surface area contributed by atoms with Gasteiger partial charge in [0.1, 0.15) is 6.26 Å². The van der Waals surface area contributed by atoms with E-state index in [1.165, 1.54) is 4.88 Å². The van der Waals surface area contributed by atoms with Crippen LogP contribution >= 0.6 is 11.3 Å². The van der Waals surface area contributed by atoms with Crippen molar-refractivity contribution in [2.75, 3.05) is 5.32 Å². The third-order valence-corrected chi connectivity index (χ3v) is 2.93. The average Bonchev–Trinajstić information content (AvgIpc) is 2.83. The molecule has 5 nitrogen and oxygen atoms in total. The zero-order valence-corrected chi connectivity index (χ0v) is 9.37. The largest absolute Gasteiger partial charge is 0.476 e. The molecule has 0 spiro atoms. The molecule has 2 aromatic heterocycles. The van der Waals surface area contributed by atoms with E-state index in [-0.39, 0.29) is 11.7 Å². The second-order valence-corrected chi connectivity index (χ2v) is 4.58. The second kappa shape index (κ2) is 4.36. The molecule has 2 rings (SSSR count). The van der Waals surface area contributed by atoms with Gasteiger partial charge in [0.2, 0.25) is 0 Å². The molecule has 16 heavy (non-hydrogen) atoms. The number of oxazole rings is 1. The van der Waals surface area contributed by atoms with E-state index in [1.807, 2.05) is 19.1 Å². The molecule has 0 radical (unpaired) electrons. The zero-order valence-electron chi connectivity index (χ0n) is 8.56. The van der Waals surface area contributed by atoms with Gasteiger partial charge in [-0.15, -0.1) is 11.3 Å². The van der Waals surface area contributed by atoms with Crippen molar-refractivity contribution in [2.24, 2.45) is 0 Å². The van der Waals surface area contributed by atoms with Gasteiger partial charge >= 0.3 is 5.97 Å². The number of thiophene rings is 1.